The monoisotopic (exact) mass is 328 g/mol. The molecular weight excluding hydrogens is 319 g/mol. The van der Waals surface area contributed by atoms with Crippen LogP contribution in [0, 0.1) is 7.14 Å². The predicted molar refractivity (Wildman–Crippen MR) is 74.2 cm³/mol. The molecule has 0 fully saturated rings. The van der Waals surface area contributed by atoms with Crippen molar-refractivity contribution in [3.05, 3.63) is 54.6 Å². The SMILES string of the molecule is CI1c2ccccc2-c2cccc(Cl)c21. The van der Waals surface area contributed by atoms with E-state index in [1.807, 2.05) is 12.1 Å². The number of hydrogen-bond donors (Lipinski definition) is 0. The normalized spacial score (nSPS) is 14.9. The van der Waals surface area contributed by atoms with E-state index in [0.29, 0.717) is 0 Å². The molecule has 0 nitrogen and oxygen atoms in total. The summed E-state index contributed by atoms with van der Waals surface area (Å²) in [5, 5.41) is 0.955. The first kappa shape index (κ1) is 9.67. The molecule has 0 saturated carbocycles. The summed E-state index contributed by atoms with van der Waals surface area (Å²) in [6.45, 7) is 0. The van der Waals surface area contributed by atoms with Gasteiger partial charge in [-0.2, -0.15) is 0 Å². The van der Waals surface area contributed by atoms with Gasteiger partial charge in [0.2, 0.25) is 0 Å². The molecule has 0 spiro atoms. The zero-order valence-electron chi connectivity index (χ0n) is 8.30. The number of hydrogen-bond acceptors (Lipinski definition) is 0. The Morgan fingerprint density at radius 3 is 2.53 bits per heavy atom. The fourth-order valence-electron chi connectivity index (χ4n) is 2.03. The van der Waals surface area contributed by atoms with E-state index in [4.69, 9.17) is 11.6 Å². The van der Waals surface area contributed by atoms with E-state index in [0.717, 1.165) is 5.02 Å². The van der Waals surface area contributed by atoms with Crippen molar-refractivity contribution in [3.8, 4) is 11.1 Å². The molecule has 1 aliphatic rings. The number of alkyl halides is 1. The predicted octanol–water partition coefficient (Wildman–Crippen LogP) is 4.50. The minimum absolute atomic E-state index is 0.955. The van der Waals surface area contributed by atoms with Crippen LogP contribution in [0.5, 0.6) is 0 Å². The molecule has 1 aliphatic heterocycles. The van der Waals surface area contributed by atoms with Gasteiger partial charge < -0.3 is 0 Å². The molecule has 2 aromatic rings. The Hall–Kier alpha value is -0.540. The van der Waals surface area contributed by atoms with Gasteiger partial charge in [-0.05, 0) is 0 Å². The van der Waals surface area contributed by atoms with Crippen molar-refractivity contribution in [3.63, 3.8) is 0 Å². The molecule has 2 aromatic carbocycles. The molecule has 3 rings (SSSR count). The summed E-state index contributed by atoms with van der Waals surface area (Å²) < 4.78 is 2.98. The van der Waals surface area contributed by atoms with Gasteiger partial charge in [-0.1, -0.05) is 0 Å². The van der Waals surface area contributed by atoms with Crippen molar-refractivity contribution in [1.82, 2.24) is 0 Å². The number of benzene rings is 2. The third kappa shape index (κ3) is 1.33. The van der Waals surface area contributed by atoms with Crippen molar-refractivity contribution in [2.45, 2.75) is 0 Å². The average molecular weight is 329 g/mol. The molecular formula is C13H10ClI. The Labute approximate surface area is 102 Å². The third-order valence-electron chi connectivity index (χ3n) is 2.70. The second-order valence-corrected chi connectivity index (χ2v) is 8.90. The van der Waals surface area contributed by atoms with Crippen LogP contribution in [0.4, 0.5) is 0 Å². The van der Waals surface area contributed by atoms with Crippen molar-refractivity contribution in [2.24, 2.45) is 0 Å². The van der Waals surface area contributed by atoms with Gasteiger partial charge >= 0.3 is 102 Å². The Morgan fingerprint density at radius 1 is 0.933 bits per heavy atom. The van der Waals surface area contributed by atoms with E-state index in [9.17, 15) is 0 Å². The van der Waals surface area contributed by atoms with Crippen molar-refractivity contribution in [1.29, 1.82) is 0 Å². The zero-order valence-corrected chi connectivity index (χ0v) is 11.2. The van der Waals surface area contributed by atoms with Gasteiger partial charge in [-0.3, -0.25) is 0 Å². The average Bonchev–Trinajstić information content (AvgIpc) is 2.55. The summed E-state index contributed by atoms with van der Waals surface area (Å²) in [5.41, 5.74) is 2.77. The number of halogens is 2. The van der Waals surface area contributed by atoms with Crippen LogP contribution in [-0.2, 0) is 0 Å². The number of fused-ring (bicyclic) bond motifs is 3. The van der Waals surface area contributed by atoms with Gasteiger partial charge in [0.25, 0.3) is 0 Å². The summed E-state index contributed by atoms with van der Waals surface area (Å²) in [4.78, 5) is 2.38. The van der Waals surface area contributed by atoms with Crippen LogP contribution in [0.2, 0.25) is 5.02 Å². The number of rotatable bonds is 0. The molecule has 0 radical (unpaired) electrons. The fraction of sp³-hybridized carbons (Fsp3) is 0.0769. The zero-order chi connectivity index (χ0) is 10.4. The van der Waals surface area contributed by atoms with Gasteiger partial charge in [-0.25, -0.2) is 0 Å². The molecule has 0 amide bonds. The Balaban J connectivity index is 2.37. The molecule has 0 aromatic heterocycles. The summed E-state index contributed by atoms with van der Waals surface area (Å²) in [6.07, 6.45) is 0. The molecule has 76 valence electrons. The van der Waals surface area contributed by atoms with Crippen LogP contribution in [-0.4, -0.2) is 4.93 Å². The van der Waals surface area contributed by atoms with E-state index in [-0.39, 0.29) is 0 Å². The molecule has 0 saturated heterocycles. The Kier molecular flexibility index (Phi) is 2.25. The van der Waals surface area contributed by atoms with Gasteiger partial charge in [0.1, 0.15) is 0 Å². The summed E-state index contributed by atoms with van der Waals surface area (Å²) >= 11 is 5.09. The second-order valence-electron chi connectivity index (χ2n) is 3.55. The van der Waals surface area contributed by atoms with Crippen LogP contribution in [0.1, 0.15) is 0 Å². The van der Waals surface area contributed by atoms with Gasteiger partial charge in [0, 0.05) is 0 Å². The van der Waals surface area contributed by atoms with E-state index < -0.39 is 19.8 Å². The van der Waals surface area contributed by atoms with Crippen LogP contribution in [0.25, 0.3) is 11.1 Å². The van der Waals surface area contributed by atoms with Crippen LogP contribution in [0.3, 0.4) is 0 Å². The maximum absolute atomic E-state index is 6.29. The second kappa shape index (κ2) is 3.49. The summed E-state index contributed by atoms with van der Waals surface area (Å²) in [6, 6.07) is 15.0. The van der Waals surface area contributed by atoms with Crippen molar-refractivity contribution in [2.75, 3.05) is 4.93 Å². The summed E-state index contributed by atoms with van der Waals surface area (Å²) in [7, 11) is 0. The molecule has 0 bridgehead atoms. The van der Waals surface area contributed by atoms with Crippen LogP contribution >= 0.6 is 31.4 Å². The first-order chi connectivity index (χ1) is 7.29. The van der Waals surface area contributed by atoms with Gasteiger partial charge in [0.05, 0.1) is 0 Å². The Bertz CT molecular complexity index is 534. The molecule has 1 heterocycles. The van der Waals surface area contributed by atoms with Crippen molar-refractivity contribution < 1.29 is 0 Å². The molecule has 0 unspecified atom stereocenters. The molecule has 0 aliphatic carbocycles. The minimum atomic E-state index is -1.20. The van der Waals surface area contributed by atoms with E-state index in [1.54, 1.807) is 3.57 Å². The van der Waals surface area contributed by atoms with E-state index in [1.165, 1.54) is 14.7 Å². The first-order valence-corrected chi connectivity index (χ1v) is 9.46. The molecule has 15 heavy (non-hydrogen) atoms. The van der Waals surface area contributed by atoms with Crippen LogP contribution in [0.15, 0.2) is 42.5 Å². The van der Waals surface area contributed by atoms with Crippen molar-refractivity contribution >= 4 is 31.4 Å². The topological polar surface area (TPSA) is 0 Å². The first-order valence-electron chi connectivity index (χ1n) is 4.77. The third-order valence-corrected chi connectivity index (χ3v) is 8.80. The summed E-state index contributed by atoms with van der Waals surface area (Å²) in [5.74, 6) is 0. The van der Waals surface area contributed by atoms with Gasteiger partial charge in [-0.15, -0.1) is 0 Å². The van der Waals surface area contributed by atoms with E-state index >= 15 is 0 Å². The fourth-order valence-corrected chi connectivity index (χ4v) is 7.89. The quantitative estimate of drug-likeness (QED) is 0.493. The Morgan fingerprint density at radius 2 is 1.67 bits per heavy atom. The van der Waals surface area contributed by atoms with Gasteiger partial charge in [0.15, 0.2) is 0 Å². The maximum atomic E-state index is 6.29. The molecule has 2 heteroatoms. The molecule has 0 atom stereocenters. The van der Waals surface area contributed by atoms with E-state index in [2.05, 4.69) is 35.3 Å². The molecule has 0 N–H and O–H groups in total. The standard InChI is InChI=1S/C13H10ClI/c1-15-12-8-3-2-5-9(12)10-6-4-7-11(14)13(10)15/h2-8H,1H3. The van der Waals surface area contributed by atoms with Crippen LogP contribution < -0.4 is 0 Å².